The van der Waals surface area contributed by atoms with Crippen molar-refractivity contribution < 1.29 is 0 Å². The molecule has 0 aliphatic rings. The molecule has 0 aliphatic heterocycles. The number of rotatable bonds is 5. The highest BCUT2D eigenvalue weighted by Crippen LogP contribution is 2.29. The first kappa shape index (κ1) is 18.0. The predicted molar refractivity (Wildman–Crippen MR) is 121 cm³/mol. The van der Waals surface area contributed by atoms with Gasteiger partial charge in [-0.05, 0) is 61.0 Å². The maximum Gasteiger partial charge on any atom is 0.0631 e. The van der Waals surface area contributed by atoms with Crippen LogP contribution in [0.15, 0.2) is 102 Å². The molecule has 0 saturated heterocycles. The number of hydrogen-bond donors (Lipinski definition) is 0. The minimum Gasteiger partial charge on any atom is -0.339 e. The van der Waals surface area contributed by atoms with E-state index in [1.54, 1.807) is 0 Å². The normalized spacial score (nSPS) is 11.4. The summed E-state index contributed by atoms with van der Waals surface area (Å²) in [6, 6.07) is 34.0. The molecule has 0 amide bonds. The van der Waals surface area contributed by atoms with Gasteiger partial charge >= 0.3 is 0 Å². The van der Waals surface area contributed by atoms with Gasteiger partial charge in [-0.2, -0.15) is 0 Å². The van der Waals surface area contributed by atoms with Crippen LogP contribution in [0.4, 0.5) is 17.1 Å². The van der Waals surface area contributed by atoms with E-state index in [0.717, 1.165) is 11.3 Å². The molecule has 0 radical (unpaired) electrons. The minimum absolute atomic E-state index is 0.368. The van der Waals surface area contributed by atoms with Crippen LogP contribution in [0.25, 0.3) is 10.8 Å². The van der Waals surface area contributed by atoms with Crippen LogP contribution in [0.3, 0.4) is 0 Å². The average Bonchev–Trinajstić information content (AvgIpc) is 2.74. The number of hydrogen-bond acceptors (Lipinski definition) is 2. The fourth-order valence-electron chi connectivity index (χ4n) is 3.54. The van der Waals surface area contributed by atoms with E-state index in [1.165, 1.54) is 22.1 Å². The molecule has 138 valence electrons. The van der Waals surface area contributed by atoms with Gasteiger partial charge in [0, 0.05) is 29.2 Å². The van der Waals surface area contributed by atoms with Crippen LogP contribution in [0.1, 0.15) is 19.4 Å². The van der Waals surface area contributed by atoms with Crippen LogP contribution in [-0.4, -0.2) is 12.3 Å². The molecule has 0 saturated carbocycles. The molecular formula is C26H24N2. The zero-order chi connectivity index (χ0) is 19.3. The Morgan fingerprint density at radius 3 is 2.07 bits per heavy atom. The highest BCUT2D eigenvalue weighted by Gasteiger charge is 2.12. The van der Waals surface area contributed by atoms with E-state index in [2.05, 4.69) is 110 Å². The van der Waals surface area contributed by atoms with Crippen molar-refractivity contribution in [1.29, 1.82) is 0 Å². The minimum atomic E-state index is 0.368. The van der Waals surface area contributed by atoms with Crippen LogP contribution in [-0.2, 0) is 0 Å². The first-order valence-electron chi connectivity index (χ1n) is 9.68. The lowest BCUT2D eigenvalue weighted by molar-refractivity contribution is 0.789. The van der Waals surface area contributed by atoms with Crippen molar-refractivity contribution in [2.24, 2.45) is 4.99 Å². The van der Waals surface area contributed by atoms with Crippen molar-refractivity contribution in [2.45, 2.75) is 19.9 Å². The Balaban J connectivity index is 1.60. The van der Waals surface area contributed by atoms with Gasteiger partial charge < -0.3 is 4.90 Å². The third-order valence-electron chi connectivity index (χ3n) is 4.85. The molecule has 0 fully saturated rings. The first-order chi connectivity index (χ1) is 13.7. The lowest BCUT2D eigenvalue weighted by Gasteiger charge is -2.29. The summed E-state index contributed by atoms with van der Waals surface area (Å²) in [6.45, 7) is 4.42. The summed E-state index contributed by atoms with van der Waals surface area (Å²) in [5.74, 6) is 0. The quantitative estimate of drug-likeness (QED) is 0.344. The monoisotopic (exact) mass is 364 g/mol. The van der Waals surface area contributed by atoms with Gasteiger partial charge in [-0.25, -0.2) is 0 Å². The van der Waals surface area contributed by atoms with Crippen molar-refractivity contribution in [1.82, 2.24) is 0 Å². The molecule has 0 bridgehead atoms. The van der Waals surface area contributed by atoms with Gasteiger partial charge in [0.25, 0.3) is 0 Å². The maximum atomic E-state index is 4.70. The molecule has 0 aliphatic carbocycles. The van der Waals surface area contributed by atoms with E-state index in [4.69, 9.17) is 4.99 Å². The molecule has 2 heteroatoms. The van der Waals surface area contributed by atoms with Gasteiger partial charge in [0.2, 0.25) is 0 Å². The van der Waals surface area contributed by atoms with Gasteiger partial charge in [-0.1, -0.05) is 60.7 Å². The van der Waals surface area contributed by atoms with E-state index >= 15 is 0 Å². The first-order valence-corrected chi connectivity index (χ1v) is 9.68. The van der Waals surface area contributed by atoms with E-state index < -0.39 is 0 Å². The molecule has 4 aromatic carbocycles. The van der Waals surface area contributed by atoms with Crippen molar-refractivity contribution in [3.8, 4) is 0 Å². The van der Waals surface area contributed by atoms with Crippen LogP contribution in [0, 0.1) is 0 Å². The Labute approximate surface area is 166 Å². The van der Waals surface area contributed by atoms with Gasteiger partial charge in [0.1, 0.15) is 0 Å². The van der Waals surface area contributed by atoms with Crippen LogP contribution < -0.4 is 4.90 Å². The summed E-state index contributed by atoms with van der Waals surface area (Å²) in [6.07, 6.45) is 1.95. The summed E-state index contributed by atoms with van der Waals surface area (Å²) in [5.41, 5.74) is 4.46. The lowest BCUT2D eigenvalue weighted by Crippen LogP contribution is -2.25. The van der Waals surface area contributed by atoms with Gasteiger partial charge in [0.15, 0.2) is 0 Å². The zero-order valence-corrected chi connectivity index (χ0v) is 16.3. The molecule has 0 N–H and O–H groups in total. The molecule has 0 heterocycles. The molecule has 0 unspecified atom stereocenters. The smallest absolute Gasteiger partial charge is 0.0631 e. The van der Waals surface area contributed by atoms with Crippen molar-refractivity contribution in [3.63, 3.8) is 0 Å². The number of nitrogens with zero attached hydrogens (tertiary/aromatic N) is 2. The molecule has 4 aromatic rings. The van der Waals surface area contributed by atoms with E-state index in [9.17, 15) is 0 Å². The van der Waals surface area contributed by atoms with Crippen molar-refractivity contribution >= 4 is 34.0 Å². The Morgan fingerprint density at radius 2 is 1.32 bits per heavy atom. The topological polar surface area (TPSA) is 15.6 Å². The van der Waals surface area contributed by atoms with Crippen molar-refractivity contribution in [3.05, 3.63) is 103 Å². The Kier molecular flexibility index (Phi) is 5.20. The zero-order valence-electron chi connectivity index (χ0n) is 16.3. The molecule has 0 atom stereocenters. The predicted octanol–water partition coefficient (Wildman–Crippen LogP) is 7.14. The number of fused-ring (bicyclic) bond motifs is 1. The van der Waals surface area contributed by atoms with Gasteiger partial charge in [0.05, 0.1) is 5.69 Å². The second-order valence-electron chi connectivity index (χ2n) is 7.14. The lowest BCUT2D eigenvalue weighted by atomic mass is 10.1. The summed E-state index contributed by atoms with van der Waals surface area (Å²) in [4.78, 5) is 7.03. The molecule has 0 spiro atoms. The van der Waals surface area contributed by atoms with Crippen LogP contribution in [0.5, 0.6) is 0 Å². The number of benzene rings is 4. The third kappa shape index (κ3) is 3.81. The number of anilines is 2. The summed E-state index contributed by atoms with van der Waals surface area (Å²) in [7, 11) is 0. The second kappa shape index (κ2) is 8.10. The SMILES string of the molecule is CC(C)N(c1ccccc1)c1ccc(N=Cc2cccc3ccccc23)cc1. The molecule has 2 nitrogen and oxygen atoms in total. The van der Waals surface area contributed by atoms with E-state index in [0.29, 0.717) is 6.04 Å². The third-order valence-corrected chi connectivity index (χ3v) is 4.85. The fraction of sp³-hybridized carbons (Fsp3) is 0.115. The van der Waals surface area contributed by atoms with Gasteiger partial charge in [-0.3, -0.25) is 4.99 Å². The summed E-state index contributed by atoms with van der Waals surface area (Å²) in [5, 5.41) is 2.46. The Bertz CT molecular complexity index is 1070. The van der Waals surface area contributed by atoms with Crippen LogP contribution >= 0.6 is 0 Å². The standard InChI is InChI=1S/C26H24N2/c1-20(2)28(24-12-4-3-5-13-24)25-17-15-23(16-18-25)27-19-22-11-8-10-21-9-6-7-14-26(21)22/h3-20H,1-2H3. The largest absolute Gasteiger partial charge is 0.339 e. The maximum absolute atomic E-state index is 4.70. The van der Waals surface area contributed by atoms with Crippen LogP contribution in [0.2, 0.25) is 0 Å². The molecular weight excluding hydrogens is 340 g/mol. The second-order valence-corrected chi connectivity index (χ2v) is 7.14. The summed E-state index contributed by atoms with van der Waals surface area (Å²) >= 11 is 0. The Morgan fingerprint density at radius 1 is 0.679 bits per heavy atom. The summed E-state index contributed by atoms with van der Waals surface area (Å²) < 4.78 is 0. The van der Waals surface area contributed by atoms with Gasteiger partial charge in [-0.15, -0.1) is 0 Å². The Hall–Kier alpha value is -3.39. The van der Waals surface area contributed by atoms with E-state index in [1.807, 2.05) is 12.3 Å². The number of para-hydroxylation sites is 1. The fourth-order valence-corrected chi connectivity index (χ4v) is 3.54. The highest BCUT2D eigenvalue weighted by molar-refractivity contribution is 6.00. The average molecular weight is 364 g/mol. The molecule has 0 aromatic heterocycles. The molecule has 28 heavy (non-hydrogen) atoms. The number of aliphatic imine (C=N–C) groups is 1. The van der Waals surface area contributed by atoms with Crippen molar-refractivity contribution in [2.75, 3.05) is 4.90 Å². The molecule has 4 rings (SSSR count). The van der Waals surface area contributed by atoms with E-state index in [-0.39, 0.29) is 0 Å². The highest BCUT2D eigenvalue weighted by atomic mass is 15.2.